The Morgan fingerprint density at radius 2 is 2.35 bits per heavy atom. The van der Waals surface area contributed by atoms with Crippen LogP contribution in [0.15, 0.2) is 29.6 Å². The highest BCUT2D eigenvalue weighted by Crippen LogP contribution is 2.07. The Labute approximate surface area is 127 Å². The molecule has 5 heteroatoms. The molecule has 4 nitrogen and oxygen atoms in total. The molecule has 110 valence electrons. The van der Waals surface area contributed by atoms with E-state index in [-0.39, 0.29) is 0 Å². The standard InChI is InChI=1S/C15H24N4S/c1-3-4-5-7-13(2)10-17-15(20)19-18-12-14-8-6-9-16-11-14/h6,8-9,11-13H,3-5,7,10H2,1-2H3,(H2,17,19,20)/b18-12-/t13-/m0/s1. The molecule has 0 saturated carbocycles. The van der Waals surface area contributed by atoms with Crippen molar-refractivity contribution in [1.29, 1.82) is 0 Å². The summed E-state index contributed by atoms with van der Waals surface area (Å²) in [6.45, 7) is 5.35. The zero-order valence-corrected chi connectivity index (χ0v) is 13.1. The van der Waals surface area contributed by atoms with Gasteiger partial charge in [0.1, 0.15) is 0 Å². The van der Waals surface area contributed by atoms with Gasteiger partial charge in [0.2, 0.25) is 0 Å². The van der Waals surface area contributed by atoms with Crippen molar-refractivity contribution in [3.63, 3.8) is 0 Å². The number of hydrazone groups is 1. The van der Waals surface area contributed by atoms with Gasteiger partial charge in [0.25, 0.3) is 0 Å². The predicted molar refractivity (Wildman–Crippen MR) is 88.9 cm³/mol. The van der Waals surface area contributed by atoms with Crippen molar-refractivity contribution in [2.45, 2.75) is 39.5 Å². The van der Waals surface area contributed by atoms with Crippen LogP contribution in [0.5, 0.6) is 0 Å². The quantitative estimate of drug-likeness (QED) is 0.334. The van der Waals surface area contributed by atoms with Gasteiger partial charge in [-0.2, -0.15) is 5.10 Å². The lowest BCUT2D eigenvalue weighted by molar-refractivity contribution is 0.487. The molecular formula is C15H24N4S. The topological polar surface area (TPSA) is 49.3 Å². The molecule has 0 fully saturated rings. The van der Waals surface area contributed by atoms with Gasteiger partial charge in [-0.25, -0.2) is 0 Å². The minimum absolute atomic E-state index is 0.562. The highest BCUT2D eigenvalue weighted by atomic mass is 32.1. The normalized spacial score (nSPS) is 12.3. The molecule has 0 amide bonds. The molecular weight excluding hydrogens is 268 g/mol. The Morgan fingerprint density at radius 1 is 1.50 bits per heavy atom. The molecule has 0 bridgehead atoms. The van der Waals surface area contributed by atoms with Gasteiger partial charge in [0, 0.05) is 24.5 Å². The van der Waals surface area contributed by atoms with E-state index >= 15 is 0 Å². The van der Waals surface area contributed by atoms with Crippen LogP contribution in [0, 0.1) is 5.92 Å². The summed E-state index contributed by atoms with van der Waals surface area (Å²) >= 11 is 5.17. The molecule has 20 heavy (non-hydrogen) atoms. The number of nitrogens with zero attached hydrogens (tertiary/aromatic N) is 2. The zero-order chi connectivity index (χ0) is 14.6. The number of nitrogens with one attached hydrogen (secondary N) is 2. The second-order valence-corrected chi connectivity index (χ2v) is 5.38. The molecule has 1 aromatic heterocycles. The van der Waals surface area contributed by atoms with E-state index in [2.05, 4.69) is 34.7 Å². The van der Waals surface area contributed by atoms with E-state index < -0.39 is 0 Å². The molecule has 0 saturated heterocycles. The Kier molecular flexibility index (Phi) is 8.54. The number of hydrogen-bond acceptors (Lipinski definition) is 3. The third-order valence-electron chi connectivity index (χ3n) is 2.98. The van der Waals surface area contributed by atoms with E-state index in [0.29, 0.717) is 11.0 Å². The van der Waals surface area contributed by atoms with Crippen molar-refractivity contribution < 1.29 is 0 Å². The highest BCUT2D eigenvalue weighted by molar-refractivity contribution is 7.80. The van der Waals surface area contributed by atoms with Crippen molar-refractivity contribution >= 4 is 23.5 Å². The van der Waals surface area contributed by atoms with Gasteiger partial charge in [0.05, 0.1) is 6.21 Å². The van der Waals surface area contributed by atoms with Gasteiger partial charge in [-0.3, -0.25) is 10.4 Å². The van der Waals surface area contributed by atoms with Crippen LogP contribution in [-0.4, -0.2) is 22.9 Å². The van der Waals surface area contributed by atoms with Crippen LogP contribution < -0.4 is 10.7 Å². The maximum absolute atomic E-state index is 5.17. The number of hydrogen-bond donors (Lipinski definition) is 2. The molecule has 2 N–H and O–H groups in total. The molecule has 0 unspecified atom stereocenters. The zero-order valence-electron chi connectivity index (χ0n) is 12.3. The Morgan fingerprint density at radius 3 is 3.05 bits per heavy atom. The van der Waals surface area contributed by atoms with Crippen molar-refractivity contribution in [2.24, 2.45) is 11.0 Å². The molecule has 0 aliphatic rings. The molecule has 0 aliphatic carbocycles. The van der Waals surface area contributed by atoms with Crippen LogP contribution in [0.25, 0.3) is 0 Å². The van der Waals surface area contributed by atoms with Crippen LogP contribution >= 0.6 is 12.2 Å². The summed E-state index contributed by atoms with van der Waals surface area (Å²) in [6, 6.07) is 3.81. The monoisotopic (exact) mass is 292 g/mol. The average molecular weight is 292 g/mol. The molecule has 1 rings (SSSR count). The summed E-state index contributed by atoms with van der Waals surface area (Å²) in [5.74, 6) is 0.628. The Bertz CT molecular complexity index is 406. The third kappa shape index (κ3) is 7.84. The summed E-state index contributed by atoms with van der Waals surface area (Å²) in [7, 11) is 0. The van der Waals surface area contributed by atoms with Gasteiger partial charge in [-0.15, -0.1) is 0 Å². The fourth-order valence-electron chi connectivity index (χ4n) is 1.77. The second-order valence-electron chi connectivity index (χ2n) is 4.97. The maximum atomic E-state index is 5.17. The summed E-state index contributed by atoms with van der Waals surface area (Å²) in [4.78, 5) is 4.01. The molecule has 1 heterocycles. The lowest BCUT2D eigenvalue weighted by Gasteiger charge is -2.13. The Hall–Kier alpha value is -1.49. The van der Waals surface area contributed by atoms with Gasteiger partial charge in [-0.05, 0) is 30.6 Å². The van der Waals surface area contributed by atoms with Crippen molar-refractivity contribution in [3.05, 3.63) is 30.1 Å². The van der Waals surface area contributed by atoms with Gasteiger partial charge < -0.3 is 5.32 Å². The first-order chi connectivity index (χ1) is 9.72. The molecule has 1 aromatic rings. The van der Waals surface area contributed by atoms with Crippen molar-refractivity contribution in [2.75, 3.05) is 6.54 Å². The second kappa shape index (κ2) is 10.3. The first kappa shape index (κ1) is 16.6. The maximum Gasteiger partial charge on any atom is 0.186 e. The largest absolute Gasteiger partial charge is 0.361 e. The molecule has 0 spiro atoms. The Balaban J connectivity index is 2.15. The van der Waals surface area contributed by atoms with Crippen LogP contribution in [0.1, 0.15) is 45.1 Å². The van der Waals surface area contributed by atoms with E-state index in [0.717, 1.165) is 12.1 Å². The fourth-order valence-corrected chi connectivity index (χ4v) is 1.91. The van der Waals surface area contributed by atoms with Gasteiger partial charge in [-0.1, -0.05) is 39.2 Å². The van der Waals surface area contributed by atoms with E-state index in [1.165, 1.54) is 25.7 Å². The predicted octanol–water partition coefficient (Wildman–Crippen LogP) is 3.10. The SMILES string of the molecule is CCCCC[C@H](C)CNC(=S)N/N=C\c1cccnc1. The average Bonchev–Trinajstić information content (AvgIpc) is 2.46. The van der Waals surface area contributed by atoms with Gasteiger partial charge >= 0.3 is 0 Å². The summed E-state index contributed by atoms with van der Waals surface area (Å²) in [6.07, 6.45) is 10.3. The smallest absolute Gasteiger partial charge is 0.186 e. The van der Waals surface area contributed by atoms with Crippen molar-refractivity contribution in [1.82, 2.24) is 15.7 Å². The van der Waals surface area contributed by atoms with Crippen LogP contribution in [0.2, 0.25) is 0 Å². The van der Waals surface area contributed by atoms with Crippen LogP contribution in [-0.2, 0) is 0 Å². The fraction of sp³-hybridized carbons (Fsp3) is 0.533. The summed E-state index contributed by atoms with van der Waals surface area (Å²) < 4.78 is 0. The number of rotatable bonds is 8. The van der Waals surface area contributed by atoms with E-state index in [9.17, 15) is 0 Å². The van der Waals surface area contributed by atoms with E-state index in [1.54, 1.807) is 18.6 Å². The first-order valence-electron chi connectivity index (χ1n) is 7.19. The highest BCUT2D eigenvalue weighted by Gasteiger charge is 2.02. The minimum atomic E-state index is 0.562. The van der Waals surface area contributed by atoms with Crippen LogP contribution in [0.3, 0.4) is 0 Å². The molecule has 0 aliphatic heterocycles. The van der Waals surface area contributed by atoms with Crippen molar-refractivity contribution in [3.8, 4) is 0 Å². The summed E-state index contributed by atoms with van der Waals surface area (Å²) in [5, 5.41) is 7.83. The first-order valence-corrected chi connectivity index (χ1v) is 7.60. The lowest BCUT2D eigenvalue weighted by Crippen LogP contribution is -2.35. The van der Waals surface area contributed by atoms with Gasteiger partial charge in [0.15, 0.2) is 5.11 Å². The molecule has 0 radical (unpaired) electrons. The van der Waals surface area contributed by atoms with Crippen LogP contribution in [0.4, 0.5) is 0 Å². The third-order valence-corrected chi connectivity index (χ3v) is 3.21. The number of pyridine rings is 1. The molecule has 0 aromatic carbocycles. The lowest BCUT2D eigenvalue weighted by atomic mass is 10.0. The van der Waals surface area contributed by atoms with E-state index in [1.807, 2.05) is 12.1 Å². The van der Waals surface area contributed by atoms with E-state index in [4.69, 9.17) is 12.2 Å². The number of thiocarbonyl (C=S) groups is 1. The number of unbranched alkanes of at least 4 members (excludes halogenated alkanes) is 2. The minimum Gasteiger partial charge on any atom is -0.361 e. The molecule has 1 atom stereocenters. The number of aromatic nitrogens is 1. The summed E-state index contributed by atoms with van der Waals surface area (Å²) in [5.41, 5.74) is 3.76.